The summed E-state index contributed by atoms with van der Waals surface area (Å²) >= 11 is 0. The van der Waals surface area contributed by atoms with Gasteiger partial charge in [-0.15, -0.1) is 0 Å². The molecule has 0 bridgehead atoms. The van der Waals surface area contributed by atoms with E-state index in [1.165, 1.54) is 30.3 Å². The summed E-state index contributed by atoms with van der Waals surface area (Å²) in [7, 11) is -3.89. The van der Waals surface area contributed by atoms with Crippen LogP contribution in [-0.4, -0.2) is 13.5 Å². The zero-order valence-electron chi connectivity index (χ0n) is 11.5. The van der Waals surface area contributed by atoms with Crippen LogP contribution in [0.15, 0.2) is 47.4 Å². The first kappa shape index (κ1) is 15.5. The van der Waals surface area contributed by atoms with Crippen LogP contribution in [0.2, 0.25) is 0 Å². The highest BCUT2D eigenvalue weighted by Crippen LogP contribution is 2.21. The van der Waals surface area contributed by atoms with Gasteiger partial charge in [-0.1, -0.05) is 25.1 Å². The monoisotopic (exact) mass is 309 g/mol. The number of halogens is 1. The summed E-state index contributed by atoms with van der Waals surface area (Å²) in [5.41, 5.74) is 1.32. The van der Waals surface area contributed by atoms with Gasteiger partial charge >= 0.3 is 0 Å². The predicted molar refractivity (Wildman–Crippen MR) is 79.0 cm³/mol. The second-order valence-electron chi connectivity index (χ2n) is 4.53. The molecule has 21 heavy (non-hydrogen) atoms. The molecule has 2 N–H and O–H groups in total. The molecule has 0 aromatic heterocycles. The molecule has 6 heteroatoms. The molecule has 0 unspecified atom stereocenters. The van der Waals surface area contributed by atoms with Crippen LogP contribution in [0.3, 0.4) is 0 Å². The van der Waals surface area contributed by atoms with Gasteiger partial charge in [-0.25, -0.2) is 12.8 Å². The molecule has 0 heterocycles. The number of hydrogen-bond acceptors (Lipinski definition) is 3. The Hall–Kier alpha value is -1.92. The lowest BCUT2D eigenvalue weighted by molar-refractivity contribution is 0.280. The van der Waals surface area contributed by atoms with E-state index in [0.29, 0.717) is 12.0 Å². The van der Waals surface area contributed by atoms with Crippen molar-refractivity contribution in [2.45, 2.75) is 24.8 Å². The first-order valence-electron chi connectivity index (χ1n) is 6.48. The van der Waals surface area contributed by atoms with Crippen molar-refractivity contribution in [3.8, 4) is 0 Å². The van der Waals surface area contributed by atoms with E-state index in [4.69, 9.17) is 0 Å². The molecular formula is C15H16FNO3S. The Morgan fingerprint density at radius 2 is 1.86 bits per heavy atom. The standard InChI is InChI=1S/C15H16FNO3S/c1-2-11-7-8-13(9-12(11)10-18)21(19,20)17-15-6-4-3-5-14(15)16/h3-9,17-18H,2,10H2,1H3. The number of benzene rings is 2. The molecule has 0 atom stereocenters. The first-order chi connectivity index (χ1) is 9.97. The van der Waals surface area contributed by atoms with Crippen LogP contribution in [-0.2, 0) is 23.1 Å². The smallest absolute Gasteiger partial charge is 0.261 e. The molecule has 0 aliphatic carbocycles. The lowest BCUT2D eigenvalue weighted by atomic mass is 10.1. The fourth-order valence-corrected chi connectivity index (χ4v) is 3.13. The number of para-hydroxylation sites is 1. The van der Waals surface area contributed by atoms with Crippen molar-refractivity contribution in [3.05, 3.63) is 59.4 Å². The number of anilines is 1. The van der Waals surface area contributed by atoms with Crippen molar-refractivity contribution >= 4 is 15.7 Å². The van der Waals surface area contributed by atoms with E-state index in [1.54, 1.807) is 12.1 Å². The van der Waals surface area contributed by atoms with Crippen LogP contribution in [0, 0.1) is 5.82 Å². The molecule has 0 saturated heterocycles. The molecule has 2 aromatic carbocycles. The molecule has 4 nitrogen and oxygen atoms in total. The SMILES string of the molecule is CCc1ccc(S(=O)(=O)Nc2ccccc2F)cc1CO. The molecule has 112 valence electrons. The number of sulfonamides is 1. The average Bonchev–Trinajstić information content (AvgIpc) is 2.48. The highest BCUT2D eigenvalue weighted by atomic mass is 32.2. The van der Waals surface area contributed by atoms with Crippen molar-refractivity contribution in [2.75, 3.05) is 4.72 Å². The molecule has 2 aromatic rings. The van der Waals surface area contributed by atoms with Gasteiger partial charge in [0.15, 0.2) is 0 Å². The first-order valence-corrected chi connectivity index (χ1v) is 7.96. The fraction of sp³-hybridized carbons (Fsp3) is 0.200. The lowest BCUT2D eigenvalue weighted by Gasteiger charge is -2.11. The number of aryl methyl sites for hydroxylation is 1. The van der Waals surface area contributed by atoms with Crippen LogP contribution < -0.4 is 4.72 Å². The van der Waals surface area contributed by atoms with E-state index in [1.807, 2.05) is 6.92 Å². The highest BCUT2D eigenvalue weighted by molar-refractivity contribution is 7.92. The summed E-state index contributed by atoms with van der Waals surface area (Å²) in [6, 6.07) is 10.1. The zero-order valence-corrected chi connectivity index (χ0v) is 12.3. The second-order valence-corrected chi connectivity index (χ2v) is 6.21. The molecular weight excluding hydrogens is 293 g/mol. The Kier molecular flexibility index (Phi) is 4.59. The van der Waals surface area contributed by atoms with Crippen LogP contribution in [0.4, 0.5) is 10.1 Å². The summed E-state index contributed by atoms with van der Waals surface area (Å²) in [6.07, 6.45) is 0.691. The third-order valence-electron chi connectivity index (χ3n) is 3.16. The van der Waals surface area contributed by atoms with E-state index in [0.717, 1.165) is 5.56 Å². The third-order valence-corrected chi connectivity index (χ3v) is 4.52. The lowest BCUT2D eigenvalue weighted by Crippen LogP contribution is -2.14. The van der Waals surface area contributed by atoms with Gasteiger partial charge in [0.25, 0.3) is 10.0 Å². The van der Waals surface area contributed by atoms with Crippen molar-refractivity contribution in [3.63, 3.8) is 0 Å². The summed E-state index contributed by atoms with van der Waals surface area (Å²) in [5.74, 6) is -0.645. The van der Waals surface area contributed by atoms with Crippen LogP contribution >= 0.6 is 0 Å². The molecule has 0 amide bonds. The minimum atomic E-state index is -3.89. The number of aliphatic hydroxyl groups is 1. The Morgan fingerprint density at radius 1 is 1.14 bits per heavy atom. The van der Waals surface area contributed by atoms with E-state index in [-0.39, 0.29) is 17.2 Å². The van der Waals surface area contributed by atoms with Crippen molar-refractivity contribution < 1.29 is 17.9 Å². The van der Waals surface area contributed by atoms with Crippen molar-refractivity contribution in [1.82, 2.24) is 0 Å². The van der Waals surface area contributed by atoms with Gasteiger partial charge in [-0.05, 0) is 41.8 Å². The van der Waals surface area contributed by atoms with Gasteiger partial charge in [0, 0.05) is 0 Å². The fourth-order valence-electron chi connectivity index (χ4n) is 2.01. The summed E-state index contributed by atoms with van der Waals surface area (Å²) < 4.78 is 40.3. The Bertz CT molecular complexity index is 744. The largest absolute Gasteiger partial charge is 0.392 e. The second kappa shape index (κ2) is 6.24. The van der Waals surface area contributed by atoms with Gasteiger partial charge in [0.2, 0.25) is 0 Å². The van der Waals surface area contributed by atoms with Crippen molar-refractivity contribution in [2.24, 2.45) is 0 Å². The molecule has 0 aliphatic rings. The summed E-state index contributed by atoms with van der Waals surface area (Å²) in [4.78, 5) is -0.00740. The number of nitrogens with one attached hydrogen (secondary N) is 1. The third kappa shape index (κ3) is 3.40. The maximum atomic E-state index is 13.5. The van der Waals surface area contributed by atoms with Crippen LogP contribution in [0.25, 0.3) is 0 Å². The zero-order chi connectivity index (χ0) is 15.5. The topological polar surface area (TPSA) is 66.4 Å². The number of aliphatic hydroxyl groups excluding tert-OH is 1. The quantitative estimate of drug-likeness (QED) is 0.892. The molecule has 0 saturated carbocycles. The minimum absolute atomic E-state index is 0.00740. The van der Waals surface area contributed by atoms with E-state index >= 15 is 0 Å². The van der Waals surface area contributed by atoms with Crippen LogP contribution in [0.1, 0.15) is 18.1 Å². The normalized spacial score (nSPS) is 11.4. The highest BCUT2D eigenvalue weighted by Gasteiger charge is 2.17. The van der Waals surface area contributed by atoms with Gasteiger partial charge in [-0.2, -0.15) is 0 Å². The van der Waals surface area contributed by atoms with Crippen LogP contribution in [0.5, 0.6) is 0 Å². The average molecular weight is 309 g/mol. The molecule has 0 spiro atoms. The summed E-state index contributed by atoms with van der Waals surface area (Å²) in [6.45, 7) is 1.67. The maximum Gasteiger partial charge on any atom is 0.261 e. The molecule has 2 rings (SSSR count). The van der Waals surface area contributed by atoms with Gasteiger partial charge < -0.3 is 5.11 Å². The number of hydrogen-bond donors (Lipinski definition) is 2. The molecule has 0 radical (unpaired) electrons. The van der Waals surface area contributed by atoms with E-state index in [9.17, 15) is 17.9 Å². The van der Waals surface area contributed by atoms with Gasteiger partial charge in [-0.3, -0.25) is 4.72 Å². The minimum Gasteiger partial charge on any atom is -0.392 e. The maximum absolute atomic E-state index is 13.5. The predicted octanol–water partition coefficient (Wildman–Crippen LogP) is 2.68. The number of rotatable bonds is 5. The van der Waals surface area contributed by atoms with E-state index in [2.05, 4.69) is 4.72 Å². The van der Waals surface area contributed by atoms with Gasteiger partial charge in [0.1, 0.15) is 5.82 Å². The molecule has 0 aliphatic heterocycles. The van der Waals surface area contributed by atoms with E-state index < -0.39 is 15.8 Å². The molecule has 0 fully saturated rings. The summed E-state index contributed by atoms with van der Waals surface area (Å²) in [5, 5.41) is 9.30. The van der Waals surface area contributed by atoms with Gasteiger partial charge in [0.05, 0.1) is 17.2 Å². The Morgan fingerprint density at radius 3 is 2.48 bits per heavy atom. The Labute approximate surface area is 123 Å². The van der Waals surface area contributed by atoms with Crippen molar-refractivity contribution in [1.29, 1.82) is 0 Å². The Balaban J connectivity index is 2.38.